The summed E-state index contributed by atoms with van der Waals surface area (Å²) in [4.78, 5) is 31.5. The Morgan fingerprint density at radius 3 is 2.71 bits per heavy atom. The van der Waals surface area contributed by atoms with Crippen molar-refractivity contribution in [2.45, 2.75) is 26.4 Å². The van der Waals surface area contributed by atoms with Crippen molar-refractivity contribution in [3.05, 3.63) is 76.1 Å². The number of hydrogen-bond acceptors (Lipinski definition) is 6. The number of halogens is 1. The fourth-order valence-electron chi connectivity index (χ4n) is 3.25. The Balaban J connectivity index is 1.53. The monoisotopic (exact) mass is 437 g/mol. The maximum absolute atomic E-state index is 13.0. The standard InChI is InChI=1S/C22H20ClN5O3/c1-2-11-27(12-19-25-26-21(31-19)15-7-3-5-9-17(15)23)20(29)13-28-14-24-18-10-6-4-8-16(18)22(28)30/h3-10,14H,2,11-13H2,1H3. The maximum Gasteiger partial charge on any atom is 0.261 e. The average Bonchev–Trinajstić information content (AvgIpc) is 3.24. The number of rotatable bonds is 7. The molecule has 0 fully saturated rings. The zero-order valence-corrected chi connectivity index (χ0v) is 17.6. The Bertz CT molecular complexity index is 1280. The molecule has 0 spiro atoms. The number of nitrogens with zero attached hydrogens (tertiary/aromatic N) is 5. The Morgan fingerprint density at radius 2 is 1.90 bits per heavy atom. The van der Waals surface area contributed by atoms with E-state index in [0.29, 0.717) is 39.8 Å². The van der Waals surface area contributed by atoms with Gasteiger partial charge in [-0.15, -0.1) is 10.2 Å². The Hall–Kier alpha value is -3.52. The number of para-hydroxylation sites is 1. The molecule has 158 valence electrons. The molecule has 4 aromatic rings. The molecular formula is C22H20ClN5O3. The van der Waals surface area contributed by atoms with E-state index >= 15 is 0 Å². The molecule has 0 aliphatic carbocycles. The molecule has 0 saturated heterocycles. The molecule has 2 aromatic carbocycles. The van der Waals surface area contributed by atoms with Crippen LogP contribution in [0.3, 0.4) is 0 Å². The predicted octanol–water partition coefficient (Wildman–Crippen LogP) is 3.54. The zero-order chi connectivity index (χ0) is 21.8. The van der Waals surface area contributed by atoms with Crippen molar-refractivity contribution in [2.24, 2.45) is 0 Å². The second-order valence-corrected chi connectivity index (χ2v) is 7.40. The molecular weight excluding hydrogens is 418 g/mol. The fourth-order valence-corrected chi connectivity index (χ4v) is 3.47. The van der Waals surface area contributed by atoms with E-state index < -0.39 is 0 Å². The molecule has 0 saturated carbocycles. The smallest absolute Gasteiger partial charge is 0.261 e. The predicted molar refractivity (Wildman–Crippen MR) is 116 cm³/mol. The van der Waals surface area contributed by atoms with E-state index in [4.69, 9.17) is 16.0 Å². The van der Waals surface area contributed by atoms with Crippen LogP contribution in [0.4, 0.5) is 0 Å². The summed E-state index contributed by atoms with van der Waals surface area (Å²) in [5.74, 6) is 0.346. The molecule has 9 heteroatoms. The van der Waals surface area contributed by atoms with E-state index in [1.165, 1.54) is 10.9 Å². The molecule has 1 amide bonds. The van der Waals surface area contributed by atoms with Crippen LogP contribution in [-0.4, -0.2) is 37.1 Å². The third-order valence-corrected chi connectivity index (χ3v) is 5.11. The first-order valence-corrected chi connectivity index (χ1v) is 10.2. The van der Waals surface area contributed by atoms with E-state index in [0.717, 1.165) is 6.42 Å². The van der Waals surface area contributed by atoms with Gasteiger partial charge in [0.1, 0.15) is 6.54 Å². The van der Waals surface area contributed by atoms with Gasteiger partial charge in [-0.3, -0.25) is 14.2 Å². The quantitative estimate of drug-likeness (QED) is 0.439. The minimum atomic E-state index is -0.255. The highest BCUT2D eigenvalue weighted by atomic mass is 35.5. The molecule has 0 aliphatic rings. The SMILES string of the molecule is CCCN(Cc1nnc(-c2ccccc2Cl)o1)C(=O)Cn1cnc2ccccc2c1=O. The van der Waals surface area contributed by atoms with Crippen molar-refractivity contribution >= 4 is 28.4 Å². The third kappa shape index (κ3) is 4.49. The largest absolute Gasteiger partial charge is 0.419 e. The van der Waals surface area contributed by atoms with Crippen LogP contribution in [0.2, 0.25) is 5.02 Å². The minimum Gasteiger partial charge on any atom is -0.419 e. The molecule has 4 rings (SSSR count). The summed E-state index contributed by atoms with van der Waals surface area (Å²) in [7, 11) is 0. The number of amides is 1. The highest BCUT2D eigenvalue weighted by Gasteiger charge is 2.19. The van der Waals surface area contributed by atoms with Crippen LogP contribution in [0.1, 0.15) is 19.2 Å². The summed E-state index contributed by atoms with van der Waals surface area (Å²) < 4.78 is 7.04. The van der Waals surface area contributed by atoms with E-state index in [1.807, 2.05) is 25.1 Å². The van der Waals surface area contributed by atoms with Gasteiger partial charge in [0.25, 0.3) is 5.56 Å². The van der Waals surface area contributed by atoms with Crippen molar-refractivity contribution in [3.63, 3.8) is 0 Å². The van der Waals surface area contributed by atoms with Crippen LogP contribution in [0.25, 0.3) is 22.4 Å². The molecule has 0 bridgehead atoms. The molecule has 31 heavy (non-hydrogen) atoms. The number of fused-ring (bicyclic) bond motifs is 1. The topological polar surface area (TPSA) is 94.1 Å². The number of aromatic nitrogens is 4. The van der Waals surface area contributed by atoms with Gasteiger partial charge < -0.3 is 9.32 Å². The van der Waals surface area contributed by atoms with Crippen LogP contribution < -0.4 is 5.56 Å². The zero-order valence-electron chi connectivity index (χ0n) is 16.9. The second-order valence-electron chi connectivity index (χ2n) is 6.99. The van der Waals surface area contributed by atoms with Gasteiger partial charge in [0.15, 0.2) is 0 Å². The molecule has 0 N–H and O–H groups in total. The third-order valence-electron chi connectivity index (χ3n) is 4.78. The van der Waals surface area contributed by atoms with Crippen LogP contribution >= 0.6 is 11.6 Å². The van der Waals surface area contributed by atoms with E-state index in [1.54, 1.807) is 35.2 Å². The Morgan fingerprint density at radius 1 is 1.13 bits per heavy atom. The van der Waals surface area contributed by atoms with Crippen molar-refractivity contribution in [1.29, 1.82) is 0 Å². The summed E-state index contributed by atoms with van der Waals surface area (Å²) in [5, 5.41) is 9.08. The lowest BCUT2D eigenvalue weighted by Crippen LogP contribution is -2.36. The van der Waals surface area contributed by atoms with Crippen molar-refractivity contribution in [1.82, 2.24) is 24.6 Å². The highest BCUT2D eigenvalue weighted by molar-refractivity contribution is 6.33. The fraction of sp³-hybridized carbons (Fsp3) is 0.227. The molecule has 8 nitrogen and oxygen atoms in total. The van der Waals surface area contributed by atoms with Crippen molar-refractivity contribution in [2.75, 3.05) is 6.54 Å². The number of benzene rings is 2. The van der Waals surface area contributed by atoms with Gasteiger partial charge in [-0.25, -0.2) is 4.98 Å². The van der Waals surface area contributed by atoms with Crippen LogP contribution in [-0.2, 0) is 17.9 Å². The minimum absolute atomic E-state index is 0.123. The summed E-state index contributed by atoms with van der Waals surface area (Å²) in [5.41, 5.74) is 0.971. The van der Waals surface area contributed by atoms with Gasteiger partial charge in [0.05, 0.1) is 34.4 Å². The maximum atomic E-state index is 13.0. The van der Waals surface area contributed by atoms with Crippen LogP contribution in [0.15, 0.2) is 64.1 Å². The normalized spacial score (nSPS) is 11.0. The second kappa shape index (κ2) is 9.09. The number of carbonyl (C=O) groups excluding carboxylic acids is 1. The van der Waals surface area contributed by atoms with E-state index in [2.05, 4.69) is 15.2 Å². The first kappa shape index (κ1) is 20.7. The lowest BCUT2D eigenvalue weighted by atomic mass is 10.2. The van der Waals surface area contributed by atoms with Crippen molar-refractivity contribution in [3.8, 4) is 11.5 Å². The summed E-state index contributed by atoms with van der Waals surface area (Å²) >= 11 is 6.19. The van der Waals surface area contributed by atoms with Gasteiger partial charge in [0, 0.05) is 6.54 Å². The Kier molecular flexibility index (Phi) is 6.08. The van der Waals surface area contributed by atoms with Gasteiger partial charge >= 0.3 is 0 Å². The molecule has 2 heterocycles. The van der Waals surface area contributed by atoms with Crippen molar-refractivity contribution < 1.29 is 9.21 Å². The lowest BCUT2D eigenvalue weighted by molar-refractivity contribution is -0.132. The average molecular weight is 438 g/mol. The summed E-state index contributed by atoms with van der Waals surface area (Å²) in [6.07, 6.45) is 2.14. The van der Waals surface area contributed by atoms with Crippen LogP contribution in [0, 0.1) is 0 Å². The molecule has 0 atom stereocenters. The van der Waals surface area contributed by atoms with Gasteiger partial charge in [0.2, 0.25) is 17.7 Å². The molecule has 2 aromatic heterocycles. The summed E-state index contributed by atoms with van der Waals surface area (Å²) in [6, 6.07) is 14.2. The number of hydrogen-bond donors (Lipinski definition) is 0. The summed E-state index contributed by atoms with van der Waals surface area (Å²) in [6.45, 7) is 2.47. The lowest BCUT2D eigenvalue weighted by Gasteiger charge is -2.20. The first-order valence-electron chi connectivity index (χ1n) is 9.86. The molecule has 0 radical (unpaired) electrons. The van der Waals surface area contributed by atoms with E-state index in [9.17, 15) is 9.59 Å². The van der Waals surface area contributed by atoms with Gasteiger partial charge in [-0.05, 0) is 30.7 Å². The highest BCUT2D eigenvalue weighted by Crippen LogP contribution is 2.26. The number of carbonyl (C=O) groups is 1. The first-order chi connectivity index (χ1) is 15.1. The van der Waals surface area contributed by atoms with Crippen LogP contribution in [0.5, 0.6) is 0 Å². The van der Waals surface area contributed by atoms with Gasteiger partial charge in [-0.2, -0.15) is 0 Å². The van der Waals surface area contributed by atoms with Gasteiger partial charge in [-0.1, -0.05) is 42.8 Å². The molecule has 0 aliphatic heterocycles. The molecule has 0 unspecified atom stereocenters. The Labute approximate surface area is 183 Å². The van der Waals surface area contributed by atoms with E-state index in [-0.39, 0.29) is 24.6 Å².